The summed E-state index contributed by atoms with van der Waals surface area (Å²) < 4.78 is 15.8. The molecule has 3 rings (SSSR count). The van der Waals surface area contributed by atoms with E-state index in [1.807, 2.05) is 6.07 Å². The van der Waals surface area contributed by atoms with E-state index in [-0.39, 0.29) is 19.2 Å². The highest BCUT2D eigenvalue weighted by atomic mass is 16.7. The summed E-state index contributed by atoms with van der Waals surface area (Å²) in [5.41, 5.74) is 1.17. The number of benzene rings is 2. The molecule has 0 atom stereocenters. The first kappa shape index (κ1) is 22.9. The summed E-state index contributed by atoms with van der Waals surface area (Å²) in [6.45, 7) is 5.66. The summed E-state index contributed by atoms with van der Waals surface area (Å²) in [6, 6.07) is 11.9. The number of amides is 3. The van der Waals surface area contributed by atoms with Crippen molar-refractivity contribution in [1.29, 1.82) is 0 Å². The van der Waals surface area contributed by atoms with E-state index in [0.717, 1.165) is 5.56 Å². The second-order valence-corrected chi connectivity index (χ2v) is 8.34. The van der Waals surface area contributed by atoms with Crippen molar-refractivity contribution in [3.63, 3.8) is 0 Å². The van der Waals surface area contributed by atoms with E-state index in [1.54, 1.807) is 64.2 Å². The average molecular weight is 441 g/mol. The van der Waals surface area contributed by atoms with Crippen LogP contribution in [0.15, 0.2) is 42.5 Å². The molecule has 0 saturated carbocycles. The average Bonchev–Trinajstić information content (AvgIpc) is 3.19. The molecule has 0 bridgehead atoms. The number of carbonyl (C=O) groups excluding carboxylic acids is 3. The monoisotopic (exact) mass is 441 g/mol. The quantitative estimate of drug-likeness (QED) is 0.713. The molecule has 2 aromatic rings. The van der Waals surface area contributed by atoms with Gasteiger partial charge in [-0.05, 0) is 56.7 Å². The second-order valence-electron chi connectivity index (χ2n) is 8.34. The van der Waals surface area contributed by atoms with Crippen molar-refractivity contribution in [2.45, 2.75) is 32.9 Å². The maximum Gasteiger partial charge on any atom is 0.410 e. The Hall–Kier alpha value is -3.75. The fourth-order valence-corrected chi connectivity index (χ4v) is 2.93. The molecule has 1 heterocycles. The standard InChI is InChI=1S/C23H27N3O6/c1-23(2,3)32-22(29)26(4)13-15-6-5-7-17(10-15)25-20(27)12-24-21(28)16-8-9-18-19(11-16)31-14-30-18/h5-11H,12-14H2,1-4H3,(H,24,28)(H,25,27). The number of ether oxygens (including phenoxy) is 3. The number of nitrogens with zero attached hydrogens (tertiary/aromatic N) is 1. The van der Waals surface area contributed by atoms with Crippen LogP contribution < -0.4 is 20.1 Å². The molecule has 0 fully saturated rings. The van der Waals surface area contributed by atoms with Gasteiger partial charge in [-0.2, -0.15) is 0 Å². The van der Waals surface area contributed by atoms with E-state index in [1.165, 1.54) is 4.90 Å². The normalized spacial score (nSPS) is 12.1. The van der Waals surface area contributed by atoms with Crippen LogP contribution in [0.5, 0.6) is 11.5 Å². The smallest absolute Gasteiger partial charge is 0.410 e. The Morgan fingerprint density at radius 1 is 1.06 bits per heavy atom. The molecule has 9 heteroatoms. The van der Waals surface area contributed by atoms with Crippen LogP contribution in [0.25, 0.3) is 0 Å². The maximum atomic E-state index is 12.3. The lowest BCUT2D eigenvalue weighted by Crippen LogP contribution is -2.34. The SMILES string of the molecule is CN(Cc1cccc(NC(=O)CNC(=O)c2ccc3c(c2)OCO3)c1)C(=O)OC(C)(C)C. The molecule has 2 N–H and O–H groups in total. The van der Waals surface area contributed by atoms with Crippen molar-refractivity contribution in [2.24, 2.45) is 0 Å². The maximum absolute atomic E-state index is 12.3. The van der Waals surface area contributed by atoms with Crippen LogP contribution in [0.2, 0.25) is 0 Å². The lowest BCUT2D eigenvalue weighted by Gasteiger charge is -2.24. The lowest BCUT2D eigenvalue weighted by atomic mass is 10.2. The minimum atomic E-state index is -0.577. The molecule has 0 aromatic heterocycles. The zero-order chi connectivity index (χ0) is 23.3. The zero-order valence-electron chi connectivity index (χ0n) is 18.6. The van der Waals surface area contributed by atoms with Gasteiger partial charge in [-0.15, -0.1) is 0 Å². The van der Waals surface area contributed by atoms with E-state index in [2.05, 4.69) is 10.6 Å². The molecule has 3 amide bonds. The predicted octanol–water partition coefficient (Wildman–Crippen LogP) is 3.15. The topological polar surface area (TPSA) is 106 Å². The Labute approximate surface area is 186 Å². The molecular formula is C23H27N3O6. The Bertz CT molecular complexity index is 1020. The molecule has 0 unspecified atom stereocenters. The van der Waals surface area contributed by atoms with Crippen molar-refractivity contribution in [1.82, 2.24) is 10.2 Å². The summed E-state index contributed by atoms with van der Waals surface area (Å²) in [5, 5.41) is 5.32. The molecule has 0 saturated heterocycles. The van der Waals surface area contributed by atoms with Gasteiger partial charge in [-0.25, -0.2) is 4.79 Å². The first-order valence-corrected chi connectivity index (χ1v) is 10.1. The molecular weight excluding hydrogens is 414 g/mol. The van der Waals surface area contributed by atoms with Gasteiger partial charge in [0.25, 0.3) is 5.91 Å². The van der Waals surface area contributed by atoms with Gasteiger partial charge in [-0.1, -0.05) is 12.1 Å². The van der Waals surface area contributed by atoms with Gasteiger partial charge in [-0.3, -0.25) is 9.59 Å². The first-order valence-electron chi connectivity index (χ1n) is 10.1. The molecule has 32 heavy (non-hydrogen) atoms. The Morgan fingerprint density at radius 3 is 2.56 bits per heavy atom. The summed E-state index contributed by atoms with van der Waals surface area (Å²) in [6.07, 6.45) is -0.432. The van der Waals surface area contributed by atoms with Crippen LogP contribution in [0.3, 0.4) is 0 Å². The van der Waals surface area contributed by atoms with E-state index in [9.17, 15) is 14.4 Å². The summed E-state index contributed by atoms with van der Waals surface area (Å²) in [7, 11) is 1.64. The van der Waals surface area contributed by atoms with Crippen LogP contribution in [-0.4, -0.2) is 48.8 Å². The lowest BCUT2D eigenvalue weighted by molar-refractivity contribution is -0.115. The van der Waals surface area contributed by atoms with Crippen LogP contribution in [0.1, 0.15) is 36.7 Å². The number of hydrogen-bond donors (Lipinski definition) is 2. The van der Waals surface area contributed by atoms with Gasteiger partial charge in [0.05, 0.1) is 6.54 Å². The van der Waals surface area contributed by atoms with Gasteiger partial charge in [0, 0.05) is 24.8 Å². The van der Waals surface area contributed by atoms with Crippen molar-refractivity contribution >= 4 is 23.6 Å². The van der Waals surface area contributed by atoms with Crippen LogP contribution in [0, 0.1) is 0 Å². The third kappa shape index (κ3) is 6.37. The highest BCUT2D eigenvalue weighted by Gasteiger charge is 2.20. The number of hydrogen-bond acceptors (Lipinski definition) is 6. The van der Waals surface area contributed by atoms with Crippen molar-refractivity contribution in [3.05, 3.63) is 53.6 Å². The van der Waals surface area contributed by atoms with Crippen molar-refractivity contribution in [2.75, 3.05) is 25.7 Å². The molecule has 0 radical (unpaired) electrons. The molecule has 170 valence electrons. The molecule has 0 spiro atoms. The summed E-state index contributed by atoms with van der Waals surface area (Å²) in [4.78, 5) is 38.2. The number of rotatable bonds is 6. The molecule has 0 aliphatic carbocycles. The van der Waals surface area contributed by atoms with Crippen LogP contribution in [0.4, 0.5) is 10.5 Å². The van der Waals surface area contributed by atoms with Crippen molar-refractivity contribution in [3.8, 4) is 11.5 Å². The second kappa shape index (κ2) is 9.59. The van der Waals surface area contributed by atoms with Gasteiger partial charge in [0.15, 0.2) is 11.5 Å². The zero-order valence-corrected chi connectivity index (χ0v) is 18.6. The highest BCUT2D eigenvalue weighted by Crippen LogP contribution is 2.32. The third-order valence-electron chi connectivity index (χ3n) is 4.38. The fourth-order valence-electron chi connectivity index (χ4n) is 2.93. The number of nitrogens with one attached hydrogen (secondary N) is 2. The number of carbonyl (C=O) groups is 3. The van der Waals surface area contributed by atoms with E-state index >= 15 is 0 Å². The highest BCUT2D eigenvalue weighted by molar-refractivity contribution is 5.99. The van der Waals surface area contributed by atoms with E-state index in [0.29, 0.717) is 29.3 Å². The number of fused-ring (bicyclic) bond motifs is 1. The van der Waals surface area contributed by atoms with E-state index in [4.69, 9.17) is 14.2 Å². The Kier molecular flexibility index (Phi) is 6.87. The van der Waals surface area contributed by atoms with E-state index < -0.39 is 17.6 Å². The molecule has 1 aliphatic rings. The number of anilines is 1. The van der Waals surface area contributed by atoms with Gasteiger partial charge >= 0.3 is 6.09 Å². The third-order valence-corrected chi connectivity index (χ3v) is 4.38. The van der Waals surface area contributed by atoms with Gasteiger partial charge < -0.3 is 29.7 Å². The minimum Gasteiger partial charge on any atom is -0.454 e. The molecule has 1 aliphatic heterocycles. The Morgan fingerprint density at radius 2 is 1.81 bits per heavy atom. The minimum absolute atomic E-state index is 0.120. The summed E-state index contributed by atoms with van der Waals surface area (Å²) in [5.74, 6) is 0.301. The van der Waals surface area contributed by atoms with Crippen LogP contribution in [-0.2, 0) is 16.1 Å². The first-order chi connectivity index (χ1) is 15.1. The predicted molar refractivity (Wildman–Crippen MR) is 118 cm³/mol. The van der Waals surface area contributed by atoms with Gasteiger partial charge in [0.1, 0.15) is 5.60 Å². The fraction of sp³-hybridized carbons (Fsp3) is 0.348. The molecule has 2 aromatic carbocycles. The molecule has 9 nitrogen and oxygen atoms in total. The largest absolute Gasteiger partial charge is 0.454 e. The van der Waals surface area contributed by atoms with Crippen molar-refractivity contribution < 1.29 is 28.6 Å². The van der Waals surface area contributed by atoms with Gasteiger partial charge in [0.2, 0.25) is 12.7 Å². The van der Waals surface area contributed by atoms with Crippen LogP contribution >= 0.6 is 0 Å². The summed E-state index contributed by atoms with van der Waals surface area (Å²) >= 11 is 0. The Balaban J connectivity index is 1.51.